The molecule has 0 atom stereocenters. The van der Waals surface area contributed by atoms with Gasteiger partial charge in [0.2, 0.25) is 0 Å². The van der Waals surface area contributed by atoms with Crippen LogP contribution in [0, 0.1) is 0 Å². The summed E-state index contributed by atoms with van der Waals surface area (Å²) >= 11 is 0. The normalized spacial score (nSPS) is 12.8. The smallest absolute Gasteiger partial charge is 0.0277 e. The van der Waals surface area contributed by atoms with Crippen LogP contribution in [0.2, 0.25) is 0 Å². The molecule has 0 aliphatic carbocycles. The Morgan fingerprint density at radius 3 is 2.80 bits per heavy atom. The van der Waals surface area contributed by atoms with Crippen molar-refractivity contribution >= 4 is 6.21 Å². The Labute approximate surface area is 62.8 Å². The summed E-state index contributed by atoms with van der Waals surface area (Å²) in [7, 11) is 1.74. The minimum Gasteiger partial charge on any atom is -0.402 e. The summed E-state index contributed by atoms with van der Waals surface area (Å²) in [6, 6.07) is 0. The zero-order chi connectivity index (χ0) is 7.82. The lowest BCUT2D eigenvalue weighted by Gasteiger charge is -1.95. The number of aliphatic imine (C=N–C) groups is 1. The van der Waals surface area contributed by atoms with Crippen LogP contribution in [0.4, 0.5) is 0 Å². The minimum atomic E-state index is 0.924. The van der Waals surface area contributed by atoms with E-state index in [4.69, 9.17) is 5.73 Å². The number of unbranched alkanes of at least 4 members (excludes halogenated alkanes) is 1. The number of hydrogen-bond acceptors (Lipinski definition) is 2. The topological polar surface area (TPSA) is 38.4 Å². The molecule has 0 aliphatic heterocycles. The molecule has 0 radical (unpaired) electrons. The second kappa shape index (κ2) is 6.33. The van der Waals surface area contributed by atoms with E-state index < -0.39 is 0 Å². The average molecular weight is 140 g/mol. The van der Waals surface area contributed by atoms with Crippen LogP contribution in [0.5, 0.6) is 0 Å². The van der Waals surface area contributed by atoms with Crippen molar-refractivity contribution in [1.29, 1.82) is 0 Å². The Kier molecular flexibility index (Phi) is 5.83. The third kappa shape index (κ3) is 5.35. The van der Waals surface area contributed by atoms with E-state index in [1.807, 2.05) is 6.08 Å². The van der Waals surface area contributed by atoms with Gasteiger partial charge >= 0.3 is 0 Å². The van der Waals surface area contributed by atoms with E-state index in [1.54, 1.807) is 13.3 Å². The van der Waals surface area contributed by atoms with E-state index in [1.165, 1.54) is 12.8 Å². The SMILES string of the molecule is CCCCC(N)=CC=NC. The third-order valence-electron chi connectivity index (χ3n) is 1.26. The third-order valence-corrected chi connectivity index (χ3v) is 1.26. The van der Waals surface area contributed by atoms with Crippen LogP contribution in [-0.2, 0) is 0 Å². The van der Waals surface area contributed by atoms with Gasteiger partial charge in [0, 0.05) is 19.0 Å². The van der Waals surface area contributed by atoms with E-state index in [2.05, 4.69) is 11.9 Å². The summed E-state index contributed by atoms with van der Waals surface area (Å²) in [6.07, 6.45) is 6.93. The maximum Gasteiger partial charge on any atom is 0.0277 e. The Hall–Kier alpha value is -0.790. The zero-order valence-electron chi connectivity index (χ0n) is 6.80. The molecule has 0 aromatic heterocycles. The predicted molar refractivity (Wildman–Crippen MR) is 46.2 cm³/mol. The number of nitrogens with two attached hydrogens (primary N) is 1. The molecular weight excluding hydrogens is 124 g/mol. The highest BCUT2D eigenvalue weighted by atomic mass is 14.6. The van der Waals surface area contributed by atoms with E-state index in [0.717, 1.165) is 12.1 Å². The molecule has 0 bridgehead atoms. The van der Waals surface area contributed by atoms with Crippen molar-refractivity contribution in [2.75, 3.05) is 7.05 Å². The summed E-state index contributed by atoms with van der Waals surface area (Å²) in [5, 5.41) is 0. The predicted octanol–water partition coefficient (Wildman–Crippen LogP) is 1.72. The lowest BCUT2D eigenvalue weighted by atomic mass is 10.2. The first-order valence-corrected chi connectivity index (χ1v) is 3.68. The van der Waals surface area contributed by atoms with Crippen LogP contribution in [0.1, 0.15) is 26.2 Å². The summed E-state index contributed by atoms with van der Waals surface area (Å²) in [6.45, 7) is 2.15. The molecule has 2 N–H and O–H groups in total. The van der Waals surface area contributed by atoms with Crippen LogP contribution in [0.3, 0.4) is 0 Å². The van der Waals surface area contributed by atoms with Crippen LogP contribution in [0.25, 0.3) is 0 Å². The highest BCUT2D eigenvalue weighted by Crippen LogP contribution is 1.99. The van der Waals surface area contributed by atoms with Crippen molar-refractivity contribution in [3.8, 4) is 0 Å². The summed E-state index contributed by atoms with van der Waals surface area (Å²) < 4.78 is 0. The highest BCUT2D eigenvalue weighted by Gasteiger charge is 1.86. The molecule has 0 unspecified atom stereocenters. The number of hydrogen-bond donors (Lipinski definition) is 1. The van der Waals surface area contributed by atoms with Gasteiger partial charge in [0.25, 0.3) is 0 Å². The van der Waals surface area contributed by atoms with E-state index in [-0.39, 0.29) is 0 Å². The van der Waals surface area contributed by atoms with Crippen LogP contribution in [-0.4, -0.2) is 13.3 Å². The molecule has 0 aromatic rings. The molecule has 0 fully saturated rings. The number of rotatable bonds is 4. The molecule has 2 nitrogen and oxygen atoms in total. The molecule has 2 heteroatoms. The second-order valence-corrected chi connectivity index (χ2v) is 2.25. The first kappa shape index (κ1) is 9.21. The molecule has 0 aliphatic rings. The van der Waals surface area contributed by atoms with Gasteiger partial charge in [-0.25, -0.2) is 0 Å². The van der Waals surface area contributed by atoms with Crippen molar-refractivity contribution in [2.45, 2.75) is 26.2 Å². The van der Waals surface area contributed by atoms with Crippen LogP contribution in [0.15, 0.2) is 16.8 Å². The van der Waals surface area contributed by atoms with Gasteiger partial charge in [-0.2, -0.15) is 0 Å². The lowest BCUT2D eigenvalue weighted by Crippen LogP contribution is -1.96. The number of allylic oxidation sites excluding steroid dienone is 2. The number of nitrogens with zero attached hydrogens (tertiary/aromatic N) is 1. The summed E-state index contributed by atoms with van der Waals surface area (Å²) in [5.41, 5.74) is 6.54. The first-order valence-electron chi connectivity index (χ1n) is 3.68. The molecule has 0 aromatic carbocycles. The Balaban J connectivity index is 3.49. The molecule has 0 rings (SSSR count). The molecule has 0 spiro atoms. The van der Waals surface area contributed by atoms with Gasteiger partial charge in [0.05, 0.1) is 0 Å². The Bertz CT molecular complexity index is 125. The largest absolute Gasteiger partial charge is 0.402 e. The standard InChI is InChI=1S/C8H16N2/c1-3-4-5-8(9)6-7-10-2/h6-7H,3-5,9H2,1-2H3. The highest BCUT2D eigenvalue weighted by molar-refractivity contribution is 5.71. The van der Waals surface area contributed by atoms with Gasteiger partial charge in [-0.3, -0.25) is 4.99 Å². The quantitative estimate of drug-likeness (QED) is 0.593. The van der Waals surface area contributed by atoms with Crippen molar-refractivity contribution in [3.63, 3.8) is 0 Å². The first-order chi connectivity index (χ1) is 4.81. The fourth-order valence-corrected chi connectivity index (χ4v) is 0.635. The van der Waals surface area contributed by atoms with Crippen LogP contribution < -0.4 is 5.73 Å². The molecule has 0 amide bonds. The maximum atomic E-state index is 5.62. The lowest BCUT2D eigenvalue weighted by molar-refractivity contribution is 0.782. The summed E-state index contributed by atoms with van der Waals surface area (Å²) in [4.78, 5) is 3.80. The van der Waals surface area contributed by atoms with Crippen molar-refractivity contribution < 1.29 is 0 Å². The molecule has 0 saturated carbocycles. The van der Waals surface area contributed by atoms with Crippen molar-refractivity contribution in [1.82, 2.24) is 0 Å². The zero-order valence-corrected chi connectivity index (χ0v) is 6.80. The molecule has 10 heavy (non-hydrogen) atoms. The molecule has 0 saturated heterocycles. The van der Waals surface area contributed by atoms with E-state index >= 15 is 0 Å². The minimum absolute atomic E-state index is 0.924. The molecule has 58 valence electrons. The van der Waals surface area contributed by atoms with Gasteiger partial charge in [-0.1, -0.05) is 13.3 Å². The van der Waals surface area contributed by atoms with E-state index in [0.29, 0.717) is 0 Å². The average Bonchev–Trinajstić information content (AvgIpc) is 1.97. The van der Waals surface area contributed by atoms with E-state index in [9.17, 15) is 0 Å². The fourth-order valence-electron chi connectivity index (χ4n) is 0.635. The van der Waals surface area contributed by atoms with Gasteiger partial charge in [-0.05, 0) is 18.9 Å². The Morgan fingerprint density at radius 1 is 1.60 bits per heavy atom. The van der Waals surface area contributed by atoms with Gasteiger partial charge < -0.3 is 5.73 Å². The summed E-state index contributed by atoms with van der Waals surface area (Å²) in [5.74, 6) is 0. The van der Waals surface area contributed by atoms with Crippen molar-refractivity contribution in [2.24, 2.45) is 10.7 Å². The maximum absolute atomic E-state index is 5.62. The van der Waals surface area contributed by atoms with Gasteiger partial charge in [0.1, 0.15) is 0 Å². The Morgan fingerprint density at radius 2 is 2.30 bits per heavy atom. The monoisotopic (exact) mass is 140 g/mol. The molecular formula is C8H16N2. The van der Waals surface area contributed by atoms with Crippen LogP contribution >= 0.6 is 0 Å². The van der Waals surface area contributed by atoms with Gasteiger partial charge in [-0.15, -0.1) is 0 Å². The molecule has 0 heterocycles. The fraction of sp³-hybridized carbons (Fsp3) is 0.625. The van der Waals surface area contributed by atoms with Crippen molar-refractivity contribution in [3.05, 3.63) is 11.8 Å². The second-order valence-electron chi connectivity index (χ2n) is 2.25. The van der Waals surface area contributed by atoms with Gasteiger partial charge in [0.15, 0.2) is 0 Å².